The van der Waals surface area contributed by atoms with E-state index < -0.39 is 0 Å². The molecule has 1 N–H and O–H groups in total. The molecule has 2 rings (SSSR count). The first kappa shape index (κ1) is 14.6. The molecule has 0 heterocycles. The van der Waals surface area contributed by atoms with E-state index in [2.05, 4.69) is 71.5 Å². The summed E-state index contributed by atoms with van der Waals surface area (Å²) in [5.74, 6) is 0. The summed E-state index contributed by atoms with van der Waals surface area (Å²) in [5.41, 5.74) is 3.96. The average Bonchev–Trinajstić information content (AvgIpc) is 2.37. The van der Waals surface area contributed by atoms with E-state index in [1.807, 2.05) is 18.8 Å². The topological polar surface area (TPSA) is 12.0 Å². The lowest BCUT2D eigenvalue weighted by molar-refractivity contribution is 0.803. The average molecular weight is 336 g/mol. The fourth-order valence-electron chi connectivity index (χ4n) is 1.90. The molecule has 0 bridgehead atoms. The Hall–Kier alpha value is -0.770. The normalized spacial score (nSPS) is 10.7. The number of hydrogen-bond donors (Lipinski definition) is 1. The Balaban J connectivity index is 2.36. The summed E-state index contributed by atoms with van der Waals surface area (Å²) in [7, 11) is 1.98. The van der Waals surface area contributed by atoms with Crippen LogP contribution in [-0.2, 0) is 6.54 Å². The van der Waals surface area contributed by atoms with Gasteiger partial charge < -0.3 is 5.32 Å². The zero-order chi connectivity index (χ0) is 13.8. The van der Waals surface area contributed by atoms with Crippen molar-refractivity contribution in [3.8, 4) is 0 Å². The van der Waals surface area contributed by atoms with Crippen molar-refractivity contribution in [3.63, 3.8) is 0 Å². The molecule has 0 spiro atoms. The second-order valence-corrected chi connectivity index (χ2v) is 6.65. The Kier molecular flexibility index (Phi) is 5.08. The van der Waals surface area contributed by atoms with Crippen LogP contribution < -0.4 is 5.32 Å². The van der Waals surface area contributed by atoms with E-state index in [0.29, 0.717) is 0 Å². The maximum atomic E-state index is 3.56. The summed E-state index contributed by atoms with van der Waals surface area (Å²) in [4.78, 5) is 2.63. The number of rotatable bonds is 4. The van der Waals surface area contributed by atoms with Gasteiger partial charge in [-0.2, -0.15) is 0 Å². The van der Waals surface area contributed by atoms with Crippen LogP contribution in [-0.4, -0.2) is 7.05 Å². The molecule has 0 aliphatic carbocycles. The fourth-order valence-corrected chi connectivity index (χ4v) is 3.58. The molecular weight excluding hydrogens is 318 g/mol. The molecule has 0 atom stereocenters. The van der Waals surface area contributed by atoms with Gasteiger partial charge in [0.05, 0.1) is 0 Å². The summed E-state index contributed by atoms with van der Waals surface area (Å²) >= 11 is 5.40. The van der Waals surface area contributed by atoms with Crippen LogP contribution in [0.5, 0.6) is 0 Å². The predicted molar refractivity (Wildman–Crippen MR) is 86.9 cm³/mol. The highest BCUT2D eigenvalue weighted by Crippen LogP contribution is 2.34. The van der Waals surface area contributed by atoms with Crippen LogP contribution in [0, 0.1) is 13.8 Å². The summed E-state index contributed by atoms with van der Waals surface area (Å²) < 4.78 is 1.13. The first-order valence-electron chi connectivity index (χ1n) is 6.28. The minimum Gasteiger partial charge on any atom is -0.316 e. The van der Waals surface area contributed by atoms with Gasteiger partial charge in [0.15, 0.2) is 0 Å². The third-order valence-corrected chi connectivity index (χ3v) is 4.71. The summed E-state index contributed by atoms with van der Waals surface area (Å²) in [6.07, 6.45) is 0. The first-order chi connectivity index (χ1) is 9.10. The molecule has 0 radical (unpaired) electrons. The summed E-state index contributed by atoms with van der Waals surface area (Å²) in [6, 6.07) is 13.1. The standard InChI is InChI=1S/C16H18BrNS/c1-11-4-5-12(2)15(8-11)19-16-9-14(17)7-6-13(16)10-18-3/h4-9,18H,10H2,1-3H3. The lowest BCUT2D eigenvalue weighted by Gasteiger charge is -2.12. The van der Waals surface area contributed by atoms with E-state index in [4.69, 9.17) is 0 Å². The van der Waals surface area contributed by atoms with Crippen molar-refractivity contribution in [2.75, 3.05) is 7.05 Å². The third-order valence-electron chi connectivity index (χ3n) is 2.96. The molecule has 3 heteroatoms. The monoisotopic (exact) mass is 335 g/mol. The van der Waals surface area contributed by atoms with Gasteiger partial charge in [-0.05, 0) is 55.8 Å². The van der Waals surface area contributed by atoms with E-state index in [0.717, 1.165) is 11.0 Å². The Morgan fingerprint density at radius 3 is 2.58 bits per heavy atom. The molecule has 0 aromatic heterocycles. The van der Waals surface area contributed by atoms with E-state index >= 15 is 0 Å². The van der Waals surface area contributed by atoms with Gasteiger partial charge in [0.25, 0.3) is 0 Å². The number of nitrogens with one attached hydrogen (secondary N) is 1. The van der Waals surface area contributed by atoms with Crippen molar-refractivity contribution in [2.24, 2.45) is 0 Å². The largest absolute Gasteiger partial charge is 0.316 e. The van der Waals surface area contributed by atoms with E-state index in [1.54, 1.807) is 0 Å². The van der Waals surface area contributed by atoms with Crippen LogP contribution in [0.4, 0.5) is 0 Å². The molecule has 0 aliphatic rings. The maximum Gasteiger partial charge on any atom is 0.0213 e. The number of hydrogen-bond acceptors (Lipinski definition) is 2. The van der Waals surface area contributed by atoms with Gasteiger partial charge >= 0.3 is 0 Å². The highest BCUT2D eigenvalue weighted by molar-refractivity contribution is 9.10. The SMILES string of the molecule is CNCc1ccc(Br)cc1Sc1cc(C)ccc1C. The van der Waals surface area contributed by atoms with E-state index in [9.17, 15) is 0 Å². The zero-order valence-electron chi connectivity index (χ0n) is 11.5. The quantitative estimate of drug-likeness (QED) is 0.849. The van der Waals surface area contributed by atoms with Crippen LogP contribution in [0.25, 0.3) is 0 Å². The molecule has 2 aromatic carbocycles. The predicted octanol–water partition coefficient (Wildman–Crippen LogP) is 4.94. The van der Waals surface area contributed by atoms with Crippen LogP contribution in [0.3, 0.4) is 0 Å². The molecule has 0 fully saturated rings. The van der Waals surface area contributed by atoms with Crippen LogP contribution >= 0.6 is 27.7 Å². The lowest BCUT2D eigenvalue weighted by atomic mass is 10.2. The lowest BCUT2D eigenvalue weighted by Crippen LogP contribution is -2.06. The minimum absolute atomic E-state index is 0.889. The van der Waals surface area contributed by atoms with Gasteiger partial charge in [0.2, 0.25) is 0 Å². The Morgan fingerprint density at radius 2 is 1.84 bits per heavy atom. The Labute approximate surface area is 127 Å². The van der Waals surface area contributed by atoms with Gasteiger partial charge in [0.1, 0.15) is 0 Å². The number of aryl methyl sites for hydroxylation is 2. The second kappa shape index (κ2) is 6.60. The highest BCUT2D eigenvalue weighted by Gasteiger charge is 2.07. The third kappa shape index (κ3) is 3.85. The van der Waals surface area contributed by atoms with Crippen LogP contribution in [0.1, 0.15) is 16.7 Å². The highest BCUT2D eigenvalue weighted by atomic mass is 79.9. The van der Waals surface area contributed by atoms with Gasteiger partial charge in [-0.1, -0.05) is 45.9 Å². The Morgan fingerprint density at radius 1 is 1.05 bits per heavy atom. The first-order valence-corrected chi connectivity index (χ1v) is 7.89. The van der Waals surface area contributed by atoms with Gasteiger partial charge in [-0.15, -0.1) is 0 Å². The smallest absolute Gasteiger partial charge is 0.0213 e. The fraction of sp³-hybridized carbons (Fsp3) is 0.250. The molecule has 2 aromatic rings. The molecule has 0 unspecified atom stereocenters. The number of benzene rings is 2. The van der Waals surface area contributed by atoms with E-state index in [-0.39, 0.29) is 0 Å². The van der Waals surface area contributed by atoms with Crippen molar-refractivity contribution in [1.82, 2.24) is 5.32 Å². The van der Waals surface area contributed by atoms with Crippen molar-refractivity contribution in [1.29, 1.82) is 0 Å². The Bertz CT molecular complexity index is 581. The van der Waals surface area contributed by atoms with Crippen molar-refractivity contribution in [3.05, 3.63) is 57.6 Å². The minimum atomic E-state index is 0.889. The maximum absolute atomic E-state index is 3.56. The molecule has 19 heavy (non-hydrogen) atoms. The summed E-state index contributed by atoms with van der Waals surface area (Å²) in [5, 5.41) is 3.23. The van der Waals surface area contributed by atoms with Gasteiger partial charge in [-0.3, -0.25) is 0 Å². The molecule has 0 aliphatic heterocycles. The molecule has 1 nitrogen and oxygen atoms in total. The number of halogens is 1. The second-order valence-electron chi connectivity index (χ2n) is 4.65. The van der Waals surface area contributed by atoms with Gasteiger partial charge in [0, 0.05) is 20.8 Å². The van der Waals surface area contributed by atoms with Crippen LogP contribution in [0.15, 0.2) is 50.7 Å². The van der Waals surface area contributed by atoms with Crippen molar-refractivity contribution in [2.45, 2.75) is 30.2 Å². The summed E-state index contributed by atoms with van der Waals surface area (Å²) in [6.45, 7) is 5.19. The van der Waals surface area contributed by atoms with Crippen molar-refractivity contribution >= 4 is 27.7 Å². The van der Waals surface area contributed by atoms with Gasteiger partial charge in [-0.25, -0.2) is 0 Å². The molecular formula is C16H18BrNS. The molecule has 100 valence electrons. The van der Waals surface area contributed by atoms with E-state index in [1.165, 1.54) is 26.5 Å². The molecule has 0 saturated heterocycles. The van der Waals surface area contributed by atoms with Crippen molar-refractivity contribution < 1.29 is 0 Å². The zero-order valence-corrected chi connectivity index (χ0v) is 13.9. The molecule has 0 saturated carbocycles. The molecule has 0 amide bonds. The van der Waals surface area contributed by atoms with Crippen LogP contribution in [0.2, 0.25) is 0 Å².